The second kappa shape index (κ2) is 2.21. The van der Waals surface area contributed by atoms with Crippen molar-refractivity contribution < 1.29 is 4.74 Å². The molecule has 0 bridgehead atoms. The monoisotopic (exact) mass is 141 g/mol. The maximum atomic E-state index is 5.85. The lowest BCUT2D eigenvalue weighted by molar-refractivity contribution is -0.135. The summed E-state index contributed by atoms with van der Waals surface area (Å²) in [7, 11) is 0. The molecule has 1 N–H and O–H groups in total. The molecule has 0 spiro atoms. The van der Waals surface area contributed by atoms with Gasteiger partial charge in [0.05, 0.1) is 11.7 Å². The maximum absolute atomic E-state index is 5.85. The Morgan fingerprint density at radius 1 is 1.40 bits per heavy atom. The van der Waals surface area contributed by atoms with Gasteiger partial charge in [-0.05, 0) is 26.2 Å². The van der Waals surface area contributed by atoms with Crippen molar-refractivity contribution in [2.45, 2.75) is 37.9 Å². The van der Waals surface area contributed by atoms with E-state index in [1.54, 1.807) is 0 Å². The summed E-state index contributed by atoms with van der Waals surface area (Å²) < 4.78 is 5.85. The van der Waals surface area contributed by atoms with Gasteiger partial charge in [-0.15, -0.1) is 0 Å². The van der Waals surface area contributed by atoms with Crippen LogP contribution in [0, 0.1) is 0 Å². The van der Waals surface area contributed by atoms with Crippen LogP contribution in [0.1, 0.15) is 26.2 Å². The first-order valence-electron chi connectivity index (χ1n) is 4.17. The molecular weight excluding hydrogens is 126 g/mol. The molecule has 1 saturated heterocycles. The Labute approximate surface area is 61.9 Å². The van der Waals surface area contributed by atoms with Crippen LogP contribution in [0.2, 0.25) is 0 Å². The van der Waals surface area contributed by atoms with Gasteiger partial charge in [-0.3, -0.25) is 0 Å². The van der Waals surface area contributed by atoms with E-state index in [0.717, 1.165) is 13.1 Å². The van der Waals surface area contributed by atoms with Crippen molar-refractivity contribution in [3.8, 4) is 0 Å². The number of nitrogens with one attached hydrogen (secondary N) is 1. The fourth-order valence-electron chi connectivity index (χ4n) is 1.45. The van der Waals surface area contributed by atoms with E-state index in [-0.39, 0.29) is 5.60 Å². The van der Waals surface area contributed by atoms with Gasteiger partial charge in [0, 0.05) is 13.1 Å². The highest BCUT2D eigenvalue weighted by Crippen LogP contribution is 2.28. The van der Waals surface area contributed by atoms with E-state index in [2.05, 4.69) is 12.2 Å². The van der Waals surface area contributed by atoms with Gasteiger partial charge in [-0.2, -0.15) is 0 Å². The van der Waals surface area contributed by atoms with Crippen LogP contribution in [-0.4, -0.2) is 24.8 Å². The van der Waals surface area contributed by atoms with Crippen LogP contribution in [0.4, 0.5) is 0 Å². The Balaban J connectivity index is 1.77. The van der Waals surface area contributed by atoms with Crippen molar-refractivity contribution in [3.63, 3.8) is 0 Å². The van der Waals surface area contributed by atoms with E-state index in [9.17, 15) is 0 Å². The minimum Gasteiger partial charge on any atom is -0.369 e. The Morgan fingerprint density at radius 3 is 2.40 bits per heavy atom. The summed E-state index contributed by atoms with van der Waals surface area (Å²) in [5.41, 5.74) is 0.186. The summed E-state index contributed by atoms with van der Waals surface area (Å²) in [5, 5.41) is 3.23. The molecule has 0 aromatic carbocycles. The largest absolute Gasteiger partial charge is 0.369 e. The van der Waals surface area contributed by atoms with Gasteiger partial charge in [-0.25, -0.2) is 0 Å². The molecule has 0 atom stereocenters. The number of hydrogen-bond donors (Lipinski definition) is 1. The number of ether oxygens (including phenoxy) is 1. The topological polar surface area (TPSA) is 21.3 Å². The van der Waals surface area contributed by atoms with Crippen LogP contribution < -0.4 is 5.32 Å². The summed E-state index contributed by atoms with van der Waals surface area (Å²) in [5.74, 6) is 0. The van der Waals surface area contributed by atoms with Crippen molar-refractivity contribution >= 4 is 0 Å². The lowest BCUT2D eigenvalue weighted by Crippen LogP contribution is -2.60. The first kappa shape index (κ1) is 6.62. The van der Waals surface area contributed by atoms with E-state index in [1.165, 1.54) is 19.3 Å². The van der Waals surface area contributed by atoms with Crippen LogP contribution in [-0.2, 0) is 4.74 Å². The van der Waals surface area contributed by atoms with Crippen LogP contribution in [0.25, 0.3) is 0 Å². The van der Waals surface area contributed by atoms with Crippen molar-refractivity contribution in [2.24, 2.45) is 0 Å². The molecule has 0 radical (unpaired) electrons. The highest BCUT2D eigenvalue weighted by molar-refractivity contribution is 4.92. The molecule has 0 amide bonds. The van der Waals surface area contributed by atoms with Crippen molar-refractivity contribution in [1.29, 1.82) is 0 Å². The smallest absolute Gasteiger partial charge is 0.0905 e. The molecule has 1 aliphatic carbocycles. The zero-order chi connectivity index (χ0) is 7.03. The Kier molecular flexibility index (Phi) is 1.46. The molecule has 0 aromatic rings. The highest BCUT2D eigenvalue weighted by atomic mass is 16.5. The third-order valence-corrected chi connectivity index (χ3v) is 2.50. The predicted octanol–water partition coefficient (Wildman–Crippen LogP) is 0.917. The quantitative estimate of drug-likeness (QED) is 0.617. The minimum atomic E-state index is 0.186. The van der Waals surface area contributed by atoms with Gasteiger partial charge in [0.1, 0.15) is 0 Å². The average Bonchev–Trinajstić information content (AvgIpc) is 1.74. The summed E-state index contributed by atoms with van der Waals surface area (Å²) in [6, 6.07) is 0. The fourth-order valence-corrected chi connectivity index (χ4v) is 1.45. The molecule has 2 rings (SSSR count). The first-order valence-corrected chi connectivity index (χ1v) is 4.17. The molecule has 2 fully saturated rings. The van der Waals surface area contributed by atoms with Gasteiger partial charge in [-0.1, -0.05) is 0 Å². The molecular formula is C8H15NO. The zero-order valence-corrected chi connectivity index (χ0v) is 6.52. The van der Waals surface area contributed by atoms with Gasteiger partial charge in [0.15, 0.2) is 0 Å². The maximum Gasteiger partial charge on any atom is 0.0905 e. The lowest BCUT2D eigenvalue weighted by Gasteiger charge is -2.44. The van der Waals surface area contributed by atoms with Crippen molar-refractivity contribution in [2.75, 3.05) is 13.1 Å². The molecule has 1 heterocycles. The van der Waals surface area contributed by atoms with Crippen LogP contribution in [0.15, 0.2) is 0 Å². The molecule has 2 nitrogen and oxygen atoms in total. The third kappa shape index (κ3) is 1.06. The van der Waals surface area contributed by atoms with E-state index >= 15 is 0 Å². The van der Waals surface area contributed by atoms with E-state index in [4.69, 9.17) is 4.74 Å². The fraction of sp³-hybridized carbons (Fsp3) is 1.00. The molecule has 2 aliphatic rings. The standard InChI is InChI=1S/C8H15NO/c1-8(5-9-6-8)10-7-3-2-4-7/h7,9H,2-6H2,1H3. The van der Waals surface area contributed by atoms with Gasteiger partial charge >= 0.3 is 0 Å². The lowest BCUT2D eigenvalue weighted by atomic mass is 9.93. The number of hydrogen-bond acceptors (Lipinski definition) is 2. The molecule has 1 aliphatic heterocycles. The van der Waals surface area contributed by atoms with E-state index in [1.807, 2.05) is 0 Å². The summed E-state index contributed by atoms with van der Waals surface area (Å²) in [6.07, 6.45) is 4.53. The SMILES string of the molecule is CC1(OC2CCC2)CNC1. The average molecular weight is 141 g/mol. The molecule has 0 unspecified atom stereocenters. The van der Waals surface area contributed by atoms with Gasteiger partial charge < -0.3 is 10.1 Å². The van der Waals surface area contributed by atoms with Crippen molar-refractivity contribution in [1.82, 2.24) is 5.32 Å². The molecule has 10 heavy (non-hydrogen) atoms. The second-order valence-electron chi connectivity index (χ2n) is 3.72. The van der Waals surface area contributed by atoms with E-state index in [0.29, 0.717) is 6.10 Å². The summed E-state index contributed by atoms with van der Waals surface area (Å²) in [4.78, 5) is 0. The highest BCUT2D eigenvalue weighted by Gasteiger charge is 2.36. The minimum absolute atomic E-state index is 0.186. The van der Waals surface area contributed by atoms with Gasteiger partial charge in [0.2, 0.25) is 0 Å². The van der Waals surface area contributed by atoms with Crippen molar-refractivity contribution in [3.05, 3.63) is 0 Å². The molecule has 2 heteroatoms. The van der Waals surface area contributed by atoms with Crippen LogP contribution >= 0.6 is 0 Å². The predicted molar refractivity (Wildman–Crippen MR) is 40.0 cm³/mol. The first-order chi connectivity index (χ1) is 4.79. The molecule has 0 aromatic heterocycles. The Bertz CT molecular complexity index is 127. The van der Waals surface area contributed by atoms with Gasteiger partial charge in [0.25, 0.3) is 0 Å². The Morgan fingerprint density at radius 2 is 2.10 bits per heavy atom. The molecule has 58 valence electrons. The Hall–Kier alpha value is -0.0800. The van der Waals surface area contributed by atoms with E-state index < -0.39 is 0 Å². The van der Waals surface area contributed by atoms with Crippen LogP contribution in [0.3, 0.4) is 0 Å². The number of rotatable bonds is 2. The summed E-state index contributed by atoms with van der Waals surface area (Å²) in [6.45, 7) is 4.29. The second-order valence-corrected chi connectivity index (χ2v) is 3.72. The normalized spacial score (nSPS) is 30.9. The zero-order valence-electron chi connectivity index (χ0n) is 6.52. The summed E-state index contributed by atoms with van der Waals surface area (Å²) >= 11 is 0. The molecule has 1 saturated carbocycles. The van der Waals surface area contributed by atoms with Crippen LogP contribution in [0.5, 0.6) is 0 Å². The third-order valence-electron chi connectivity index (χ3n) is 2.50.